The number of carboxylic acid groups (broad SMARTS) is 1. The second-order valence-electron chi connectivity index (χ2n) is 3.44. The highest BCUT2D eigenvalue weighted by Crippen LogP contribution is 1.99. The summed E-state index contributed by atoms with van der Waals surface area (Å²) in [6, 6.07) is 0. The summed E-state index contributed by atoms with van der Waals surface area (Å²) in [5, 5.41) is 22.3. The Kier molecular flexibility index (Phi) is 4.52. The third-order valence-electron chi connectivity index (χ3n) is 1.93. The van der Waals surface area contributed by atoms with E-state index in [1.165, 1.54) is 0 Å². The van der Waals surface area contributed by atoms with Crippen molar-refractivity contribution in [2.45, 2.75) is 25.5 Å². The minimum atomic E-state index is -1.56. The van der Waals surface area contributed by atoms with Crippen LogP contribution in [-0.4, -0.2) is 47.3 Å². The van der Waals surface area contributed by atoms with Gasteiger partial charge in [-0.05, 0) is 20.9 Å². The molecule has 82 valence electrons. The van der Waals surface area contributed by atoms with Crippen LogP contribution >= 0.6 is 0 Å². The Morgan fingerprint density at radius 3 is 2.29 bits per heavy atom. The van der Waals surface area contributed by atoms with Crippen molar-refractivity contribution in [2.75, 3.05) is 13.6 Å². The molecule has 0 aliphatic rings. The summed E-state index contributed by atoms with van der Waals surface area (Å²) < 4.78 is 0. The largest absolute Gasteiger partial charge is 0.479 e. The van der Waals surface area contributed by atoms with Crippen molar-refractivity contribution in [3.8, 4) is 0 Å². The van der Waals surface area contributed by atoms with Gasteiger partial charge in [-0.2, -0.15) is 0 Å². The maximum absolute atomic E-state index is 11.3. The smallest absolute Gasteiger partial charge is 0.334 e. The van der Waals surface area contributed by atoms with Gasteiger partial charge in [-0.1, -0.05) is 0 Å². The van der Waals surface area contributed by atoms with Crippen molar-refractivity contribution in [1.82, 2.24) is 10.6 Å². The number of aliphatic hydroxyl groups is 1. The quantitative estimate of drug-likeness (QED) is 0.439. The minimum Gasteiger partial charge on any atom is -0.479 e. The molecule has 6 nitrogen and oxygen atoms in total. The summed E-state index contributed by atoms with van der Waals surface area (Å²) >= 11 is 0. The molecule has 14 heavy (non-hydrogen) atoms. The van der Waals surface area contributed by atoms with Crippen molar-refractivity contribution >= 4 is 11.9 Å². The van der Waals surface area contributed by atoms with Gasteiger partial charge in [0.1, 0.15) is 0 Å². The molecular weight excluding hydrogens is 188 g/mol. The van der Waals surface area contributed by atoms with Crippen LogP contribution in [0.2, 0.25) is 0 Å². The molecular formula is C8H16N2O4. The van der Waals surface area contributed by atoms with Crippen molar-refractivity contribution < 1.29 is 19.8 Å². The van der Waals surface area contributed by atoms with Crippen LogP contribution in [0.5, 0.6) is 0 Å². The predicted octanol–water partition coefficient (Wildman–Crippen LogP) is -1.45. The lowest BCUT2D eigenvalue weighted by molar-refractivity contribution is -0.146. The Morgan fingerprint density at radius 2 is 1.93 bits per heavy atom. The Balaban J connectivity index is 4.03. The van der Waals surface area contributed by atoms with Crippen LogP contribution in [0, 0.1) is 0 Å². The zero-order valence-corrected chi connectivity index (χ0v) is 8.50. The highest BCUT2D eigenvalue weighted by Gasteiger charge is 2.26. The van der Waals surface area contributed by atoms with Gasteiger partial charge in [0.2, 0.25) is 5.91 Å². The number of hydrogen-bond acceptors (Lipinski definition) is 4. The van der Waals surface area contributed by atoms with Crippen LogP contribution in [0.3, 0.4) is 0 Å². The number of carboxylic acids is 1. The maximum Gasteiger partial charge on any atom is 0.334 e. The number of carbonyl (C=O) groups excluding carboxylic acids is 1. The second-order valence-corrected chi connectivity index (χ2v) is 3.44. The van der Waals surface area contributed by atoms with Crippen molar-refractivity contribution in [3.05, 3.63) is 0 Å². The first-order valence-electron chi connectivity index (χ1n) is 4.19. The topological polar surface area (TPSA) is 98.7 Å². The summed E-state index contributed by atoms with van der Waals surface area (Å²) in [6.45, 7) is 3.00. The van der Waals surface area contributed by atoms with Crippen LogP contribution in [-0.2, 0) is 9.59 Å². The van der Waals surface area contributed by atoms with Gasteiger partial charge in [0.05, 0.1) is 12.1 Å². The van der Waals surface area contributed by atoms with Crippen molar-refractivity contribution in [2.24, 2.45) is 0 Å². The van der Waals surface area contributed by atoms with E-state index in [0.29, 0.717) is 0 Å². The van der Waals surface area contributed by atoms with Gasteiger partial charge in [-0.25, -0.2) is 4.79 Å². The zero-order valence-electron chi connectivity index (χ0n) is 8.50. The number of likely N-dealkylation sites (N-methyl/N-ethyl adjacent to an activating group) is 1. The lowest BCUT2D eigenvalue weighted by Crippen LogP contribution is -2.53. The lowest BCUT2D eigenvalue weighted by atomic mass is 10.1. The molecule has 0 spiro atoms. The van der Waals surface area contributed by atoms with E-state index in [-0.39, 0.29) is 12.5 Å². The van der Waals surface area contributed by atoms with Gasteiger partial charge in [-0.3, -0.25) is 4.79 Å². The standard InChI is InChI=1S/C8H16N2O4/c1-8(2,9-3)7(14)10-4-5(11)6(12)13/h5,9,11H,4H2,1-3H3,(H,10,14)(H,12,13)/t5-/m0/s1. The first-order valence-corrected chi connectivity index (χ1v) is 4.19. The number of nitrogens with one attached hydrogen (secondary N) is 2. The number of carbonyl (C=O) groups is 2. The summed E-state index contributed by atoms with van der Waals surface area (Å²) in [4.78, 5) is 21.6. The fourth-order valence-corrected chi connectivity index (χ4v) is 0.611. The van der Waals surface area contributed by atoms with E-state index < -0.39 is 17.6 Å². The van der Waals surface area contributed by atoms with Gasteiger partial charge < -0.3 is 20.8 Å². The average Bonchev–Trinajstić information content (AvgIpc) is 2.13. The third kappa shape index (κ3) is 3.71. The first kappa shape index (κ1) is 12.9. The average molecular weight is 204 g/mol. The molecule has 0 fully saturated rings. The van der Waals surface area contributed by atoms with Gasteiger partial charge in [0.15, 0.2) is 6.10 Å². The van der Waals surface area contributed by atoms with E-state index in [1.807, 2.05) is 0 Å². The summed E-state index contributed by atoms with van der Waals surface area (Å²) in [5.74, 6) is -1.71. The van der Waals surface area contributed by atoms with Gasteiger partial charge in [0.25, 0.3) is 0 Å². The highest BCUT2D eigenvalue weighted by atomic mass is 16.4. The maximum atomic E-state index is 11.3. The monoisotopic (exact) mass is 204 g/mol. The van der Waals surface area contributed by atoms with E-state index in [2.05, 4.69) is 10.6 Å². The molecule has 0 aromatic rings. The van der Waals surface area contributed by atoms with Gasteiger partial charge >= 0.3 is 5.97 Å². The second kappa shape index (κ2) is 4.92. The molecule has 1 amide bonds. The Hall–Kier alpha value is -1.14. The van der Waals surface area contributed by atoms with E-state index in [0.717, 1.165) is 0 Å². The number of aliphatic carboxylic acids is 1. The molecule has 0 aromatic carbocycles. The molecule has 0 saturated carbocycles. The molecule has 0 radical (unpaired) electrons. The zero-order chi connectivity index (χ0) is 11.4. The van der Waals surface area contributed by atoms with Gasteiger partial charge in [-0.15, -0.1) is 0 Å². The van der Waals surface area contributed by atoms with Crippen molar-refractivity contribution in [3.63, 3.8) is 0 Å². The van der Waals surface area contributed by atoms with Crippen molar-refractivity contribution in [1.29, 1.82) is 0 Å². The SMILES string of the molecule is CNC(C)(C)C(=O)NC[C@H](O)C(=O)O. The number of rotatable bonds is 5. The molecule has 1 atom stereocenters. The lowest BCUT2D eigenvalue weighted by Gasteiger charge is -2.23. The predicted molar refractivity (Wildman–Crippen MR) is 49.8 cm³/mol. The normalized spacial score (nSPS) is 13.4. The molecule has 0 unspecified atom stereocenters. The highest BCUT2D eigenvalue weighted by molar-refractivity contribution is 5.85. The molecule has 0 saturated heterocycles. The molecule has 4 N–H and O–H groups in total. The van der Waals surface area contributed by atoms with Crippen LogP contribution in [0.15, 0.2) is 0 Å². The van der Waals surface area contributed by atoms with E-state index >= 15 is 0 Å². The van der Waals surface area contributed by atoms with Crippen LogP contribution < -0.4 is 10.6 Å². The number of aliphatic hydroxyl groups excluding tert-OH is 1. The minimum absolute atomic E-state index is 0.292. The Morgan fingerprint density at radius 1 is 1.43 bits per heavy atom. The number of hydrogen-bond donors (Lipinski definition) is 4. The van der Waals surface area contributed by atoms with Crippen LogP contribution in [0.4, 0.5) is 0 Å². The molecule has 0 aliphatic heterocycles. The molecule has 0 aromatic heterocycles. The molecule has 0 aliphatic carbocycles. The Bertz CT molecular complexity index is 227. The van der Waals surface area contributed by atoms with E-state index in [1.54, 1.807) is 20.9 Å². The summed E-state index contributed by atoms with van der Waals surface area (Å²) in [7, 11) is 1.62. The third-order valence-corrected chi connectivity index (χ3v) is 1.93. The van der Waals surface area contributed by atoms with Crippen LogP contribution in [0.25, 0.3) is 0 Å². The summed E-state index contributed by atoms with van der Waals surface area (Å²) in [6.07, 6.45) is -1.56. The summed E-state index contributed by atoms with van der Waals surface area (Å²) in [5.41, 5.74) is -0.780. The fourth-order valence-electron chi connectivity index (χ4n) is 0.611. The molecule has 0 bridgehead atoms. The number of amides is 1. The van der Waals surface area contributed by atoms with E-state index in [4.69, 9.17) is 10.2 Å². The van der Waals surface area contributed by atoms with Gasteiger partial charge in [0, 0.05) is 0 Å². The first-order chi connectivity index (χ1) is 6.31. The molecule has 0 heterocycles. The van der Waals surface area contributed by atoms with Crippen LogP contribution in [0.1, 0.15) is 13.8 Å². The Labute approximate surface area is 82.3 Å². The van der Waals surface area contributed by atoms with E-state index in [9.17, 15) is 9.59 Å². The molecule has 6 heteroatoms. The fraction of sp³-hybridized carbons (Fsp3) is 0.750. The molecule has 0 rings (SSSR count).